The molecule has 5 nitrogen and oxygen atoms in total. The Morgan fingerprint density at radius 1 is 1.59 bits per heavy atom. The number of carbonyl (C=O) groups is 1. The first-order valence-corrected chi connectivity index (χ1v) is 5.20. The molecule has 1 unspecified atom stereocenters. The van der Waals surface area contributed by atoms with Crippen molar-refractivity contribution in [1.29, 1.82) is 0 Å². The number of nitro groups is 1. The molecule has 0 heterocycles. The Labute approximate surface area is 97.8 Å². The number of rotatable bonds is 4. The van der Waals surface area contributed by atoms with Gasteiger partial charge in [-0.05, 0) is 19.4 Å². The third-order valence-electron chi connectivity index (χ3n) is 2.40. The Kier molecular flexibility index (Phi) is 4.14. The number of nitrogens with zero attached hydrogens (tertiary/aromatic N) is 1. The van der Waals surface area contributed by atoms with Gasteiger partial charge in [0.1, 0.15) is 5.82 Å². The molecule has 1 aromatic rings. The quantitative estimate of drug-likeness (QED) is 0.648. The molecular weight excluding hydrogens is 227 g/mol. The van der Waals surface area contributed by atoms with Crippen molar-refractivity contribution < 1.29 is 14.1 Å². The first kappa shape index (κ1) is 13.1. The van der Waals surface area contributed by atoms with Crippen LogP contribution in [0.1, 0.15) is 30.6 Å². The standard InChI is InChI=1S/C11H13FN2O3/c1-3-7(2)13-11(15)9-5-4-8(14(16)17)6-10(9)12/h4-7H,3H2,1-2H3,(H,13,15). The Morgan fingerprint density at radius 2 is 2.24 bits per heavy atom. The number of amides is 1. The van der Waals surface area contributed by atoms with Gasteiger partial charge in [-0.2, -0.15) is 0 Å². The average Bonchev–Trinajstić information content (AvgIpc) is 2.28. The van der Waals surface area contributed by atoms with Gasteiger partial charge in [-0.1, -0.05) is 6.92 Å². The van der Waals surface area contributed by atoms with Gasteiger partial charge in [-0.15, -0.1) is 0 Å². The van der Waals surface area contributed by atoms with Crippen molar-refractivity contribution in [2.45, 2.75) is 26.3 Å². The molecule has 0 aliphatic rings. The van der Waals surface area contributed by atoms with E-state index in [1.165, 1.54) is 0 Å². The highest BCUT2D eigenvalue weighted by Gasteiger charge is 2.16. The second kappa shape index (κ2) is 5.38. The number of hydrogen-bond acceptors (Lipinski definition) is 3. The van der Waals surface area contributed by atoms with Gasteiger partial charge >= 0.3 is 0 Å². The maximum absolute atomic E-state index is 13.4. The largest absolute Gasteiger partial charge is 0.350 e. The fourth-order valence-corrected chi connectivity index (χ4v) is 1.21. The summed E-state index contributed by atoms with van der Waals surface area (Å²) in [7, 11) is 0. The molecule has 1 N–H and O–H groups in total. The molecule has 0 aromatic heterocycles. The number of hydrogen-bond donors (Lipinski definition) is 1. The molecule has 0 radical (unpaired) electrons. The fourth-order valence-electron chi connectivity index (χ4n) is 1.21. The molecule has 0 spiro atoms. The minimum Gasteiger partial charge on any atom is -0.350 e. The summed E-state index contributed by atoms with van der Waals surface area (Å²) in [5, 5.41) is 13.0. The normalized spacial score (nSPS) is 11.9. The summed E-state index contributed by atoms with van der Waals surface area (Å²) in [6, 6.07) is 2.89. The first-order chi connectivity index (χ1) is 7.95. The van der Waals surface area contributed by atoms with E-state index < -0.39 is 16.6 Å². The van der Waals surface area contributed by atoms with Crippen LogP contribution in [0.4, 0.5) is 10.1 Å². The minimum atomic E-state index is -0.889. The van der Waals surface area contributed by atoms with E-state index in [9.17, 15) is 19.3 Å². The van der Waals surface area contributed by atoms with Crippen LogP contribution in [0.2, 0.25) is 0 Å². The van der Waals surface area contributed by atoms with Crippen molar-refractivity contribution in [2.24, 2.45) is 0 Å². The van der Waals surface area contributed by atoms with E-state index >= 15 is 0 Å². The zero-order valence-electron chi connectivity index (χ0n) is 9.57. The van der Waals surface area contributed by atoms with E-state index in [-0.39, 0.29) is 17.3 Å². The second-order valence-corrected chi connectivity index (χ2v) is 3.70. The van der Waals surface area contributed by atoms with Crippen LogP contribution in [0.15, 0.2) is 18.2 Å². The number of non-ortho nitro benzene ring substituents is 1. The van der Waals surface area contributed by atoms with E-state index in [4.69, 9.17) is 0 Å². The number of carbonyl (C=O) groups excluding carboxylic acids is 1. The van der Waals surface area contributed by atoms with Crippen LogP contribution in [-0.2, 0) is 0 Å². The van der Waals surface area contributed by atoms with Crippen molar-refractivity contribution in [3.8, 4) is 0 Å². The predicted molar refractivity (Wildman–Crippen MR) is 60.3 cm³/mol. The average molecular weight is 240 g/mol. The van der Waals surface area contributed by atoms with Gasteiger partial charge in [0.15, 0.2) is 0 Å². The Bertz CT molecular complexity index is 448. The fraction of sp³-hybridized carbons (Fsp3) is 0.364. The molecule has 0 fully saturated rings. The summed E-state index contributed by atoms with van der Waals surface area (Å²) in [6.07, 6.45) is 0.723. The molecule has 17 heavy (non-hydrogen) atoms. The number of benzene rings is 1. The molecule has 92 valence electrons. The van der Waals surface area contributed by atoms with Crippen LogP contribution >= 0.6 is 0 Å². The zero-order chi connectivity index (χ0) is 13.0. The summed E-state index contributed by atoms with van der Waals surface area (Å²) in [6.45, 7) is 3.68. The Balaban J connectivity index is 2.92. The molecule has 1 rings (SSSR count). The van der Waals surface area contributed by atoms with E-state index in [0.29, 0.717) is 0 Å². The predicted octanol–water partition coefficient (Wildman–Crippen LogP) is 2.26. The molecule has 0 bridgehead atoms. The highest BCUT2D eigenvalue weighted by molar-refractivity contribution is 5.94. The minimum absolute atomic E-state index is 0.0721. The summed E-state index contributed by atoms with van der Waals surface area (Å²) < 4.78 is 13.4. The first-order valence-electron chi connectivity index (χ1n) is 5.20. The molecule has 0 aliphatic heterocycles. The number of halogens is 1. The summed E-state index contributed by atoms with van der Waals surface area (Å²) in [5.41, 5.74) is -0.557. The van der Waals surface area contributed by atoms with E-state index in [1.54, 1.807) is 6.92 Å². The molecule has 1 amide bonds. The van der Waals surface area contributed by atoms with Gasteiger partial charge in [-0.25, -0.2) is 4.39 Å². The molecule has 0 aliphatic carbocycles. The van der Waals surface area contributed by atoms with Crippen LogP contribution in [0.25, 0.3) is 0 Å². The molecule has 6 heteroatoms. The van der Waals surface area contributed by atoms with E-state index in [2.05, 4.69) is 5.32 Å². The number of nitrogens with one attached hydrogen (secondary N) is 1. The van der Waals surface area contributed by atoms with Crippen LogP contribution in [0.3, 0.4) is 0 Å². The Morgan fingerprint density at radius 3 is 2.71 bits per heavy atom. The molecule has 1 aromatic carbocycles. The molecule has 1 atom stereocenters. The molecule has 0 saturated carbocycles. The topological polar surface area (TPSA) is 72.2 Å². The van der Waals surface area contributed by atoms with Gasteiger partial charge < -0.3 is 5.32 Å². The second-order valence-electron chi connectivity index (χ2n) is 3.70. The third-order valence-corrected chi connectivity index (χ3v) is 2.40. The highest BCUT2D eigenvalue weighted by atomic mass is 19.1. The van der Waals surface area contributed by atoms with Gasteiger partial charge in [0.2, 0.25) is 0 Å². The summed E-state index contributed by atoms with van der Waals surface area (Å²) in [4.78, 5) is 21.3. The van der Waals surface area contributed by atoms with Crippen LogP contribution in [0.5, 0.6) is 0 Å². The lowest BCUT2D eigenvalue weighted by Crippen LogP contribution is -2.32. The van der Waals surface area contributed by atoms with Crippen LogP contribution in [-0.4, -0.2) is 16.9 Å². The lowest BCUT2D eigenvalue weighted by atomic mass is 10.1. The highest BCUT2D eigenvalue weighted by Crippen LogP contribution is 2.16. The zero-order valence-corrected chi connectivity index (χ0v) is 9.57. The van der Waals surface area contributed by atoms with Crippen molar-refractivity contribution in [1.82, 2.24) is 5.32 Å². The van der Waals surface area contributed by atoms with Crippen molar-refractivity contribution >= 4 is 11.6 Å². The lowest BCUT2D eigenvalue weighted by molar-refractivity contribution is -0.385. The van der Waals surface area contributed by atoms with Crippen molar-refractivity contribution in [2.75, 3.05) is 0 Å². The molecule has 0 saturated heterocycles. The van der Waals surface area contributed by atoms with Crippen molar-refractivity contribution in [3.05, 3.63) is 39.7 Å². The van der Waals surface area contributed by atoms with Gasteiger partial charge in [0.05, 0.1) is 16.6 Å². The maximum Gasteiger partial charge on any atom is 0.272 e. The van der Waals surface area contributed by atoms with Crippen LogP contribution < -0.4 is 5.32 Å². The maximum atomic E-state index is 13.4. The van der Waals surface area contributed by atoms with Gasteiger partial charge in [-0.3, -0.25) is 14.9 Å². The Hall–Kier alpha value is -1.98. The summed E-state index contributed by atoms with van der Waals surface area (Å²) in [5.74, 6) is -1.45. The van der Waals surface area contributed by atoms with Crippen LogP contribution in [0, 0.1) is 15.9 Å². The van der Waals surface area contributed by atoms with Gasteiger partial charge in [0, 0.05) is 12.1 Å². The third kappa shape index (κ3) is 3.24. The van der Waals surface area contributed by atoms with E-state index in [0.717, 1.165) is 24.6 Å². The van der Waals surface area contributed by atoms with E-state index in [1.807, 2.05) is 6.92 Å². The lowest BCUT2D eigenvalue weighted by Gasteiger charge is -2.11. The monoisotopic (exact) mass is 240 g/mol. The SMILES string of the molecule is CCC(C)NC(=O)c1ccc([N+](=O)[O-])cc1F. The van der Waals surface area contributed by atoms with Crippen molar-refractivity contribution in [3.63, 3.8) is 0 Å². The number of nitro benzene ring substituents is 1. The summed E-state index contributed by atoms with van der Waals surface area (Å²) >= 11 is 0. The van der Waals surface area contributed by atoms with Gasteiger partial charge in [0.25, 0.3) is 11.6 Å². The smallest absolute Gasteiger partial charge is 0.272 e. The molecular formula is C11H13FN2O3.